The summed E-state index contributed by atoms with van der Waals surface area (Å²) in [6, 6.07) is 5.63. The van der Waals surface area contributed by atoms with E-state index < -0.39 is 0 Å². The fourth-order valence-electron chi connectivity index (χ4n) is 5.32. The first kappa shape index (κ1) is 20.2. The molecular formula is C23H30N6O2. The SMILES string of the molecule is Cc1c(CN2CC(O)CC3(CCN(C(=O)c4ccc5nc[nH]c5c4)CC3)C2)cnn1C. The number of amides is 1. The van der Waals surface area contributed by atoms with Gasteiger partial charge in [-0.25, -0.2) is 4.98 Å². The van der Waals surface area contributed by atoms with E-state index in [1.807, 2.05) is 41.0 Å². The number of aromatic nitrogens is 4. The number of H-pyrrole nitrogens is 1. The number of hydrogen-bond donors (Lipinski definition) is 2. The summed E-state index contributed by atoms with van der Waals surface area (Å²) in [4.78, 5) is 24.7. The lowest BCUT2D eigenvalue weighted by Gasteiger charge is -2.49. The molecule has 3 aromatic rings. The fraction of sp³-hybridized carbons (Fsp3) is 0.522. The number of nitrogens with one attached hydrogen (secondary N) is 1. The summed E-state index contributed by atoms with van der Waals surface area (Å²) < 4.78 is 1.90. The van der Waals surface area contributed by atoms with E-state index in [2.05, 4.69) is 26.9 Å². The predicted octanol–water partition coefficient (Wildman–Crippen LogP) is 2.09. The van der Waals surface area contributed by atoms with Gasteiger partial charge in [-0.05, 0) is 49.8 Å². The maximum atomic E-state index is 13.1. The van der Waals surface area contributed by atoms with E-state index in [-0.39, 0.29) is 17.4 Å². The molecule has 0 saturated carbocycles. The minimum atomic E-state index is -0.323. The second-order valence-electron chi connectivity index (χ2n) is 9.33. The lowest BCUT2D eigenvalue weighted by molar-refractivity contribution is -0.0404. The highest BCUT2D eigenvalue weighted by atomic mass is 16.3. The molecule has 2 aliphatic rings. The molecule has 1 spiro atoms. The number of hydrogen-bond acceptors (Lipinski definition) is 5. The number of nitrogens with zero attached hydrogens (tertiary/aromatic N) is 5. The maximum absolute atomic E-state index is 13.1. The van der Waals surface area contributed by atoms with Crippen molar-refractivity contribution in [3.63, 3.8) is 0 Å². The van der Waals surface area contributed by atoms with Crippen LogP contribution in [0.5, 0.6) is 0 Å². The van der Waals surface area contributed by atoms with E-state index in [0.717, 1.165) is 56.5 Å². The molecule has 1 atom stereocenters. The fourth-order valence-corrected chi connectivity index (χ4v) is 5.32. The Labute approximate surface area is 181 Å². The molecular weight excluding hydrogens is 392 g/mol. The number of β-amino-alcohol motifs (C(OH)–C–C–N with tert-alkyl or cyclic N) is 1. The Morgan fingerprint density at radius 3 is 2.87 bits per heavy atom. The number of benzene rings is 1. The van der Waals surface area contributed by atoms with Gasteiger partial charge in [-0.1, -0.05) is 0 Å². The van der Waals surface area contributed by atoms with E-state index in [1.165, 1.54) is 11.3 Å². The molecule has 0 radical (unpaired) electrons. The average molecular weight is 423 g/mol. The van der Waals surface area contributed by atoms with Crippen molar-refractivity contribution in [2.24, 2.45) is 12.5 Å². The summed E-state index contributed by atoms with van der Waals surface area (Å²) in [6.45, 7) is 6.01. The minimum absolute atomic E-state index is 0.0674. The van der Waals surface area contributed by atoms with Crippen molar-refractivity contribution in [1.82, 2.24) is 29.5 Å². The lowest BCUT2D eigenvalue weighted by atomic mass is 9.71. The molecule has 4 heterocycles. The van der Waals surface area contributed by atoms with Crippen molar-refractivity contribution >= 4 is 16.9 Å². The number of aliphatic hydroxyl groups excluding tert-OH is 1. The first-order valence-electron chi connectivity index (χ1n) is 11.0. The van der Waals surface area contributed by atoms with E-state index >= 15 is 0 Å². The smallest absolute Gasteiger partial charge is 0.253 e. The summed E-state index contributed by atoms with van der Waals surface area (Å²) in [5, 5.41) is 15.0. The molecule has 2 aliphatic heterocycles. The maximum Gasteiger partial charge on any atom is 0.253 e. The molecule has 1 amide bonds. The van der Waals surface area contributed by atoms with Crippen molar-refractivity contribution in [1.29, 1.82) is 0 Å². The molecule has 2 aromatic heterocycles. The summed E-state index contributed by atoms with van der Waals surface area (Å²) in [5.74, 6) is 0.0746. The van der Waals surface area contributed by atoms with Crippen LogP contribution in [0.4, 0.5) is 0 Å². The van der Waals surface area contributed by atoms with Gasteiger partial charge in [0.2, 0.25) is 0 Å². The first-order valence-corrected chi connectivity index (χ1v) is 11.0. The van der Waals surface area contributed by atoms with Crippen molar-refractivity contribution in [3.8, 4) is 0 Å². The van der Waals surface area contributed by atoms with Crippen LogP contribution in [0, 0.1) is 12.3 Å². The Morgan fingerprint density at radius 2 is 2.13 bits per heavy atom. The molecule has 1 unspecified atom stereocenters. The molecule has 1 aromatic carbocycles. The van der Waals surface area contributed by atoms with Crippen LogP contribution in [-0.4, -0.2) is 72.8 Å². The van der Waals surface area contributed by atoms with Crippen LogP contribution in [-0.2, 0) is 13.6 Å². The first-order chi connectivity index (χ1) is 14.9. The van der Waals surface area contributed by atoms with E-state index in [1.54, 1.807) is 6.33 Å². The van der Waals surface area contributed by atoms with Crippen molar-refractivity contribution in [2.45, 2.75) is 38.8 Å². The highest BCUT2D eigenvalue weighted by molar-refractivity contribution is 5.97. The zero-order valence-electron chi connectivity index (χ0n) is 18.2. The van der Waals surface area contributed by atoms with Gasteiger partial charge in [0.1, 0.15) is 0 Å². The zero-order valence-corrected chi connectivity index (χ0v) is 18.2. The molecule has 2 fully saturated rings. The largest absolute Gasteiger partial charge is 0.392 e. The number of aliphatic hydroxyl groups is 1. The number of piperidine rings is 2. The summed E-state index contributed by atoms with van der Waals surface area (Å²) >= 11 is 0. The molecule has 2 N–H and O–H groups in total. The number of likely N-dealkylation sites (tertiary alicyclic amines) is 2. The molecule has 8 heteroatoms. The van der Waals surface area contributed by atoms with Crippen molar-refractivity contribution in [2.75, 3.05) is 26.2 Å². The number of aryl methyl sites for hydroxylation is 1. The Bertz CT molecular complexity index is 1090. The summed E-state index contributed by atoms with van der Waals surface area (Å²) in [5.41, 5.74) is 4.91. The molecule has 2 saturated heterocycles. The Hall–Kier alpha value is -2.71. The normalized spacial score (nSPS) is 21.8. The van der Waals surface area contributed by atoms with Crippen LogP contribution >= 0.6 is 0 Å². The molecule has 31 heavy (non-hydrogen) atoms. The van der Waals surface area contributed by atoms with Gasteiger partial charge in [-0.2, -0.15) is 5.10 Å². The molecule has 0 aliphatic carbocycles. The van der Waals surface area contributed by atoms with Crippen molar-refractivity contribution in [3.05, 3.63) is 47.5 Å². The van der Waals surface area contributed by atoms with E-state index in [9.17, 15) is 9.90 Å². The lowest BCUT2D eigenvalue weighted by Crippen LogP contribution is -2.54. The molecule has 164 valence electrons. The Kier molecular flexibility index (Phi) is 5.06. The number of aromatic amines is 1. The third-order valence-corrected chi connectivity index (χ3v) is 7.21. The highest BCUT2D eigenvalue weighted by Crippen LogP contribution is 2.40. The van der Waals surface area contributed by atoms with E-state index in [0.29, 0.717) is 12.1 Å². The number of fused-ring (bicyclic) bond motifs is 1. The predicted molar refractivity (Wildman–Crippen MR) is 118 cm³/mol. The molecule has 8 nitrogen and oxygen atoms in total. The van der Waals surface area contributed by atoms with Crippen molar-refractivity contribution < 1.29 is 9.90 Å². The van der Waals surface area contributed by atoms with Crippen LogP contribution in [0.3, 0.4) is 0 Å². The van der Waals surface area contributed by atoms with Gasteiger partial charge < -0.3 is 15.0 Å². The number of rotatable bonds is 3. The second-order valence-corrected chi connectivity index (χ2v) is 9.33. The second kappa shape index (κ2) is 7.76. The molecule has 0 bridgehead atoms. The van der Waals surface area contributed by atoms with Crippen LogP contribution in [0.15, 0.2) is 30.7 Å². The summed E-state index contributed by atoms with van der Waals surface area (Å²) in [7, 11) is 1.96. The summed E-state index contributed by atoms with van der Waals surface area (Å²) in [6.07, 6.45) is 5.92. The zero-order chi connectivity index (χ0) is 21.6. The van der Waals surface area contributed by atoms with E-state index in [4.69, 9.17) is 0 Å². The highest BCUT2D eigenvalue weighted by Gasteiger charge is 2.42. The van der Waals surface area contributed by atoms with Gasteiger partial charge in [0.25, 0.3) is 5.91 Å². The van der Waals surface area contributed by atoms with Crippen LogP contribution in [0.2, 0.25) is 0 Å². The number of imidazole rings is 1. The minimum Gasteiger partial charge on any atom is -0.392 e. The van der Waals surface area contributed by atoms with Gasteiger partial charge >= 0.3 is 0 Å². The quantitative estimate of drug-likeness (QED) is 0.675. The third-order valence-electron chi connectivity index (χ3n) is 7.21. The number of carbonyl (C=O) groups is 1. The van der Waals surface area contributed by atoms with Gasteiger partial charge in [-0.15, -0.1) is 0 Å². The van der Waals surface area contributed by atoms with Gasteiger partial charge in [0, 0.05) is 56.6 Å². The Balaban J connectivity index is 1.25. The average Bonchev–Trinajstić information content (AvgIpc) is 3.34. The van der Waals surface area contributed by atoms with Crippen LogP contribution in [0.25, 0.3) is 11.0 Å². The Morgan fingerprint density at radius 1 is 1.32 bits per heavy atom. The third kappa shape index (κ3) is 3.85. The van der Waals surface area contributed by atoms with Crippen LogP contribution in [0.1, 0.15) is 40.9 Å². The van der Waals surface area contributed by atoms with Gasteiger partial charge in [0.05, 0.1) is 29.7 Å². The topological polar surface area (TPSA) is 90.3 Å². The monoisotopic (exact) mass is 422 g/mol. The van der Waals surface area contributed by atoms with Crippen LogP contribution < -0.4 is 0 Å². The van der Waals surface area contributed by atoms with Gasteiger partial charge in [0.15, 0.2) is 0 Å². The standard InChI is InChI=1S/C23H30N6O2/c1-16-18(11-26-27(16)2)12-28-13-19(30)10-23(14-28)5-7-29(8-6-23)22(31)17-3-4-20-21(9-17)25-15-24-20/h3-4,9,11,15,19,30H,5-8,10,12-14H2,1-2H3,(H,24,25). The van der Waals surface area contributed by atoms with Gasteiger partial charge in [-0.3, -0.25) is 14.4 Å². The molecule has 5 rings (SSSR count). The number of carbonyl (C=O) groups excluding carboxylic acids is 1.